The topological polar surface area (TPSA) is 72.6 Å². The van der Waals surface area contributed by atoms with Gasteiger partial charge in [0.05, 0.1) is 12.2 Å². The number of nitrogens with zero attached hydrogens (tertiary/aromatic N) is 1. The minimum atomic E-state index is -0.215. The normalized spacial score (nSPS) is 11.6. The van der Waals surface area contributed by atoms with Crippen LogP contribution in [0.1, 0.15) is 28.7 Å². The second-order valence-corrected chi connectivity index (χ2v) is 6.42. The molecule has 144 valence electrons. The summed E-state index contributed by atoms with van der Waals surface area (Å²) in [6.45, 7) is 2.47. The fraction of sp³-hybridized carbons (Fsp3) is 0.0833. The molecule has 1 aromatic heterocycles. The van der Waals surface area contributed by atoms with Gasteiger partial charge in [0.2, 0.25) is 5.89 Å². The Balaban J connectivity index is 1.78. The molecule has 0 fully saturated rings. The summed E-state index contributed by atoms with van der Waals surface area (Å²) in [5, 5.41) is 9.53. The van der Waals surface area contributed by atoms with Gasteiger partial charge < -0.3 is 14.3 Å². The van der Waals surface area contributed by atoms with Gasteiger partial charge in [-0.1, -0.05) is 24.3 Å². The van der Waals surface area contributed by atoms with Gasteiger partial charge in [0.15, 0.2) is 11.4 Å². The average molecular weight is 385 g/mol. The molecule has 0 amide bonds. The number of aromatic hydroxyl groups is 1. The molecule has 4 rings (SSSR count). The molecule has 0 saturated heterocycles. The van der Waals surface area contributed by atoms with E-state index in [2.05, 4.69) is 4.98 Å². The lowest BCUT2D eigenvalue weighted by Crippen LogP contribution is -2.03. The van der Waals surface area contributed by atoms with E-state index < -0.39 is 0 Å². The number of benzene rings is 3. The van der Waals surface area contributed by atoms with Crippen molar-refractivity contribution < 1.29 is 19.1 Å². The molecule has 0 aliphatic carbocycles. The number of fused-ring (bicyclic) bond motifs is 1. The number of carbonyl (C=O) groups excluding carboxylic acids is 1. The summed E-state index contributed by atoms with van der Waals surface area (Å²) in [4.78, 5) is 17.8. The lowest BCUT2D eigenvalue weighted by Gasteiger charge is -2.06. The Morgan fingerprint density at radius 3 is 2.45 bits per heavy atom. The number of para-hydroxylation sites is 2. The van der Waals surface area contributed by atoms with Crippen molar-refractivity contribution in [3.05, 3.63) is 89.8 Å². The Hall–Kier alpha value is -3.86. The summed E-state index contributed by atoms with van der Waals surface area (Å²) in [6, 6.07) is 20.9. The third kappa shape index (κ3) is 4.04. The van der Waals surface area contributed by atoms with E-state index in [0.29, 0.717) is 34.6 Å². The fourth-order valence-electron chi connectivity index (χ4n) is 2.97. The van der Waals surface area contributed by atoms with Crippen LogP contribution in [0.4, 0.5) is 0 Å². The molecule has 29 heavy (non-hydrogen) atoms. The summed E-state index contributed by atoms with van der Waals surface area (Å²) in [5.41, 5.74) is 2.87. The summed E-state index contributed by atoms with van der Waals surface area (Å²) in [6.07, 6.45) is 1.71. The first-order chi connectivity index (χ1) is 14.1. The van der Waals surface area contributed by atoms with Crippen LogP contribution in [0, 0.1) is 0 Å². The van der Waals surface area contributed by atoms with E-state index >= 15 is 0 Å². The maximum atomic E-state index is 13.3. The molecular formula is C24H19NO4. The average Bonchev–Trinajstić information content (AvgIpc) is 3.17. The monoisotopic (exact) mass is 385 g/mol. The molecule has 0 aliphatic heterocycles. The predicted molar refractivity (Wildman–Crippen MR) is 112 cm³/mol. The molecular weight excluding hydrogens is 366 g/mol. The molecule has 1 heterocycles. The van der Waals surface area contributed by atoms with Crippen LogP contribution in [0.2, 0.25) is 0 Å². The van der Waals surface area contributed by atoms with Crippen LogP contribution in [0.3, 0.4) is 0 Å². The zero-order valence-electron chi connectivity index (χ0n) is 15.8. The number of hydrogen-bond donors (Lipinski definition) is 1. The zero-order chi connectivity index (χ0) is 20.2. The second kappa shape index (κ2) is 8.02. The first-order valence-corrected chi connectivity index (χ1v) is 9.28. The van der Waals surface area contributed by atoms with Crippen molar-refractivity contribution >= 4 is 28.5 Å². The van der Waals surface area contributed by atoms with E-state index in [9.17, 15) is 9.90 Å². The third-order valence-corrected chi connectivity index (χ3v) is 4.40. The van der Waals surface area contributed by atoms with Crippen molar-refractivity contribution in [1.82, 2.24) is 4.98 Å². The highest BCUT2D eigenvalue weighted by Crippen LogP contribution is 2.27. The Morgan fingerprint density at radius 2 is 1.76 bits per heavy atom. The molecule has 0 saturated carbocycles. The number of Topliss-reactive ketones (excluding diaryl/α,β-unsaturated/α-hetero) is 1. The Labute approximate surface area is 167 Å². The molecule has 0 radical (unpaired) electrons. The predicted octanol–water partition coefficient (Wildman–Crippen LogP) is 5.36. The molecule has 0 spiro atoms. The van der Waals surface area contributed by atoms with Crippen LogP contribution in [0.15, 0.2) is 77.2 Å². The number of ether oxygens (including phenoxy) is 1. The molecule has 0 atom stereocenters. The fourth-order valence-corrected chi connectivity index (χ4v) is 2.97. The summed E-state index contributed by atoms with van der Waals surface area (Å²) in [5.74, 6) is 0.893. The van der Waals surface area contributed by atoms with Crippen molar-refractivity contribution in [2.24, 2.45) is 0 Å². The highest BCUT2D eigenvalue weighted by Gasteiger charge is 2.20. The second-order valence-electron chi connectivity index (χ2n) is 6.42. The van der Waals surface area contributed by atoms with E-state index in [1.165, 1.54) is 0 Å². The van der Waals surface area contributed by atoms with E-state index in [1.807, 2.05) is 31.2 Å². The first-order valence-electron chi connectivity index (χ1n) is 9.28. The maximum absolute atomic E-state index is 13.3. The Bertz CT molecular complexity index is 1140. The number of ketones is 1. The summed E-state index contributed by atoms with van der Waals surface area (Å²) < 4.78 is 11.3. The lowest BCUT2D eigenvalue weighted by atomic mass is 10.0. The van der Waals surface area contributed by atoms with Gasteiger partial charge in [-0.05, 0) is 67.1 Å². The number of rotatable bonds is 6. The number of phenolic OH excluding ortho intramolecular Hbond substituents is 1. The van der Waals surface area contributed by atoms with Gasteiger partial charge in [-0.2, -0.15) is 0 Å². The first kappa shape index (κ1) is 18.5. The number of oxazole rings is 1. The van der Waals surface area contributed by atoms with Crippen molar-refractivity contribution in [2.75, 3.05) is 6.61 Å². The molecule has 5 heteroatoms. The number of aromatic nitrogens is 1. The molecule has 0 aliphatic rings. The molecule has 4 aromatic rings. The van der Waals surface area contributed by atoms with Gasteiger partial charge in [0.25, 0.3) is 0 Å². The van der Waals surface area contributed by atoms with Crippen molar-refractivity contribution in [3.63, 3.8) is 0 Å². The van der Waals surface area contributed by atoms with Gasteiger partial charge >= 0.3 is 0 Å². The summed E-state index contributed by atoms with van der Waals surface area (Å²) in [7, 11) is 0. The number of carbonyl (C=O) groups is 1. The SMILES string of the molecule is CCOc1ccc(C(=O)/C(=C\c2ccc(O)cc2)c2nc3ccccc3o2)cc1. The van der Waals surface area contributed by atoms with E-state index in [0.717, 1.165) is 5.56 Å². The minimum absolute atomic E-state index is 0.156. The van der Waals surface area contributed by atoms with Gasteiger partial charge in [0.1, 0.15) is 17.0 Å². The van der Waals surface area contributed by atoms with Crippen LogP contribution in [-0.2, 0) is 0 Å². The van der Waals surface area contributed by atoms with Crippen LogP contribution in [0.25, 0.3) is 22.7 Å². The quantitative estimate of drug-likeness (QED) is 0.357. The molecule has 0 bridgehead atoms. The smallest absolute Gasteiger partial charge is 0.231 e. The lowest BCUT2D eigenvalue weighted by molar-refractivity contribution is 0.105. The van der Waals surface area contributed by atoms with Gasteiger partial charge in [-0.3, -0.25) is 4.79 Å². The van der Waals surface area contributed by atoms with Crippen molar-refractivity contribution in [1.29, 1.82) is 0 Å². The molecule has 0 unspecified atom stereocenters. The van der Waals surface area contributed by atoms with Crippen LogP contribution in [-0.4, -0.2) is 22.5 Å². The van der Waals surface area contributed by atoms with Crippen LogP contribution < -0.4 is 4.74 Å². The number of phenols is 1. The number of allylic oxidation sites excluding steroid dienone is 1. The molecule has 3 aromatic carbocycles. The Morgan fingerprint density at radius 1 is 1.03 bits per heavy atom. The van der Waals surface area contributed by atoms with Crippen LogP contribution in [0.5, 0.6) is 11.5 Å². The zero-order valence-corrected chi connectivity index (χ0v) is 15.8. The third-order valence-electron chi connectivity index (χ3n) is 4.40. The largest absolute Gasteiger partial charge is 0.508 e. The molecule has 1 N–H and O–H groups in total. The van der Waals surface area contributed by atoms with E-state index in [4.69, 9.17) is 9.15 Å². The Kier molecular flexibility index (Phi) is 5.12. The molecule has 5 nitrogen and oxygen atoms in total. The highest BCUT2D eigenvalue weighted by molar-refractivity contribution is 6.31. The maximum Gasteiger partial charge on any atom is 0.231 e. The van der Waals surface area contributed by atoms with Crippen molar-refractivity contribution in [3.8, 4) is 11.5 Å². The highest BCUT2D eigenvalue weighted by atomic mass is 16.5. The van der Waals surface area contributed by atoms with E-state index in [1.54, 1.807) is 54.6 Å². The van der Waals surface area contributed by atoms with Gasteiger partial charge in [-0.15, -0.1) is 0 Å². The van der Waals surface area contributed by atoms with Crippen molar-refractivity contribution in [2.45, 2.75) is 6.92 Å². The summed E-state index contributed by atoms with van der Waals surface area (Å²) >= 11 is 0. The van der Waals surface area contributed by atoms with Crippen LogP contribution >= 0.6 is 0 Å². The van der Waals surface area contributed by atoms with Gasteiger partial charge in [0, 0.05) is 5.56 Å². The standard InChI is InChI=1S/C24H19NO4/c1-2-28-19-13-9-17(10-14-19)23(27)20(15-16-7-11-18(26)12-8-16)24-25-21-5-3-4-6-22(21)29-24/h3-15,26H,2H2,1H3/b20-15+. The minimum Gasteiger partial charge on any atom is -0.508 e. The number of hydrogen-bond acceptors (Lipinski definition) is 5. The van der Waals surface area contributed by atoms with E-state index in [-0.39, 0.29) is 17.4 Å². The van der Waals surface area contributed by atoms with Gasteiger partial charge in [-0.25, -0.2) is 4.98 Å².